The first-order valence-corrected chi connectivity index (χ1v) is 5.65. The van der Waals surface area contributed by atoms with Crippen LogP contribution in [0.3, 0.4) is 0 Å². The van der Waals surface area contributed by atoms with Gasteiger partial charge in [-0.05, 0) is 17.7 Å². The molecule has 0 fully saturated rings. The maximum absolute atomic E-state index is 9.17. The lowest BCUT2D eigenvalue weighted by atomic mass is 10.1. The van der Waals surface area contributed by atoms with Crippen molar-refractivity contribution in [3.63, 3.8) is 0 Å². The molecule has 0 aliphatic rings. The molecular formula is C12H15N3O3. The molecule has 0 aliphatic carbocycles. The fourth-order valence-corrected chi connectivity index (χ4v) is 1.46. The molecule has 1 heterocycles. The van der Waals surface area contributed by atoms with Crippen LogP contribution >= 0.6 is 0 Å². The molecule has 0 unspecified atom stereocenters. The van der Waals surface area contributed by atoms with Crippen LogP contribution in [0.1, 0.15) is 17.3 Å². The van der Waals surface area contributed by atoms with E-state index in [0.717, 1.165) is 5.56 Å². The van der Waals surface area contributed by atoms with Crippen LogP contribution in [0.15, 0.2) is 28.8 Å². The van der Waals surface area contributed by atoms with Crippen LogP contribution in [0.25, 0.3) is 0 Å². The lowest BCUT2D eigenvalue weighted by Gasteiger charge is -1.97. The second kappa shape index (κ2) is 6.13. The molecule has 1 aromatic carbocycles. The van der Waals surface area contributed by atoms with E-state index in [9.17, 15) is 5.11 Å². The van der Waals surface area contributed by atoms with Gasteiger partial charge >= 0.3 is 0 Å². The monoisotopic (exact) mass is 249 g/mol. The zero-order valence-corrected chi connectivity index (χ0v) is 9.87. The third kappa shape index (κ3) is 3.54. The van der Waals surface area contributed by atoms with Gasteiger partial charge in [-0.1, -0.05) is 17.3 Å². The number of hydrogen-bond acceptors (Lipinski definition) is 6. The number of aromatic nitrogens is 2. The highest BCUT2D eigenvalue weighted by atomic mass is 16.5. The van der Waals surface area contributed by atoms with Crippen LogP contribution in [0.2, 0.25) is 0 Å². The number of phenolic OH excluding ortho intramolecular Hbond substituents is 1. The Kier molecular flexibility index (Phi) is 4.27. The predicted octanol–water partition coefficient (Wildman–Crippen LogP) is 0.841. The lowest BCUT2D eigenvalue weighted by Crippen LogP contribution is -2.08. The first kappa shape index (κ1) is 12.5. The average molecular weight is 249 g/mol. The Morgan fingerprint density at radius 1 is 1.28 bits per heavy atom. The molecular weight excluding hydrogens is 234 g/mol. The Morgan fingerprint density at radius 3 is 2.78 bits per heavy atom. The minimum Gasteiger partial charge on any atom is -0.508 e. The maximum atomic E-state index is 9.17. The molecule has 3 N–H and O–H groups in total. The average Bonchev–Trinajstić information content (AvgIpc) is 2.80. The highest BCUT2D eigenvalue weighted by Crippen LogP contribution is 2.12. The van der Waals surface area contributed by atoms with E-state index in [0.29, 0.717) is 31.3 Å². The van der Waals surface area contributed by atoms with E-state index < -0.39 is 0 Å². The van der Waals surface area contributed by atoms with Crippen molar-refractivity contribution in [3.8, 4) is 5.75 Å². The predicted molar refractivity (Wildman–Crippen MR) is 63.9 cm³/mol. The van der Waals surface area contributed by atoms with E-state index in [1.54, 1.807) is 12.1 Å². The molecule has 18 heavy (non-hydrogen) atoms. The molecule has 0 bridgehead atoms. The standard InChI is InChI=1S/C12H15N3O3/c13-5-6-17-8-12-14-11(15-18-12)7-9-1-3-10(16)4-2-9/h1-4,16H,5-8,13H2. The summed E-state index contributed by atoms with van der Waals surface area (Å²) in [4.78, 5) is 4.19. The summed E-state index contributed by atoms with van der Waals surface area (Å²) < 4.78 is 10.2. The van der Waals surface area contributed by atoms with E-state index in [1.165, 1.54) is 0 Å². The van der Waals surface area contributed by atoms with Gasteiger partial charge in [0.1, 0.15) is 12.4 Å². The van der Waals surface area contributed by atoms with Crippen molar-refractivity contribution >= 4 is 0 Å². The molecule has 0 atom stereocenters. The van der Waals surface area contributed by atoms with E-state index >= 15 is 0 Å². The summed E-state index contributed by atoms with van der Waals surface area (Å²) in [6.45, 7) is 1.21. The molecule has 0 amide bonds. The number of hydrogen-bond donors (Lipinski definition) is 2. The normalized spacial score (nSPS) is 10.7. The van der Waals surface area contributed by atoms with Gasteiger partial charge in [0.25, 0.3) is 5.89 Å². The van der Waals surface area contributed by atoms with E-state index in [4.69, 9.17) is 15.0 Å². The number of benzene rings is 1. The summed E-state index contributed by atoms with van der Waals surface area (Å²) in [6, 6.07) is 6.88. The Hall–Kier alpha value is -1.92. The largest absolute Gasteiger partial charge is 0.508 e. The topological polar surface area (TPSA) is 94.4 Å². The fourth-order valence-electron chi connectivity index (χ4n) is 1.46. The van der Waals surface area contributed by atoms with Crippen LogP contribution in [-0.2, 0) is 17.8 Å². The molecule has 6 heteroatoms. The van der Waals surface area contributed by atoms with Crippen LogP contribution in [0.5, 0.6) is 5.75 Å². The summed E-state index contributed by atoms with van der Waals surface area (Å²) in [5.74, 6) is 1.27. The van der Waals surface area contributed by atoms with Gasteiger partial charge in [-0.2, -0.15) is 4.98 Å². The van der Waals surface area contributed by atoms with Gasteiger partial charge in [0.2, 0.25) is 0 Å². The van der Waals surface area contributed by atoms with Gasteiger partial charge in [0.15, 0.2) is 5.82 Å². The Labute approximate surface area is 104 Å². The molecule has 0 saturated carbocycles. The zero-order valence-electron chi connectivity index (χ0n) is 9.87. The van der Waals surface area contributed by atoms with E-state index in [2.05, 4.69) is 10.1 Å². The summed E-state index contributed by atoms with van der Waals surface area (Å²) in [7, 11) is 0. The molecule has 6 nitrogen and oxygen atoms in total. The number of nitrogens with zero attached hydrogens (tertiary/aromatic N) is 2. The number of phenols is 1. The van der Waals surface area contributed by atoms with Crippen molar-refractivity contribution in [1.82, 2.24) is 10.1 Å². The molecule has 2 rings (SSSR count). The van der Waals surface area contributed by atoms with Gasteiger partial charge in [0.05, 0.1) is 6.61 Å². The molecule has 0 saturated heterocycles. The van der Waals surface area contributed by atoms with Crippen molar-refractivity contribution in [1.29, 1.82) is 0 Å². The minimum atomic E-state index is 0.239. The Balaban J connectivity index is 1.91. The number of aromatic hydroxyl groups is 1. The second-order valence-electron chi connectivity index (χ2n) is 3.79. The molecule has 96 valence electrons. The second-order valence-corrected chi connectivity index (χ2v) is 3.79. The van der Waals surface area contributed by atoms with Crippen molar-refractivity contribution in [2.24, 2.45) is 5.73 Å². The van der Waals surface area contributed by atoms with Gasteiger partial charge in [0, 0.05) is 13.0 Å². The highest BCUT2D eigenvalue weighted by molar-refractivity contribution is 5.27. The molecule has 0 aliphatic heterocycles. The van der Waals surface area contributed by atoms with Crippen LogP contribution in [-0.4, -0.2) is 28.4 Å². The molecule has 1 aromatic heterocycles. The quantitative estimate of drug-likeness (QED) is 0.737. The van der Waals surface area contributed by atoms with Gasteiger partial charge < -0.3 is 20.1 Å². The zero-order chi connectivity index (χ0) is 12.8. The third-order valence-electron chi connectivity index (χ3n) is 2.30. The lowest BCUT2D eigenvalue weighted by molar-refractivity contribution is 0.104. The van der Waals surface area contributed by atoms with Gasteiger partial charge in [-0.3, -0.25) is 0 Å². The number of ether oxygens (including phenoxy) is 1. The number of nitrogens with two attached hydrogens (primary N) is 1. The van der Waals surface area contributed by atoms with Crippen molar-refractivity contribution in [2.75, 3.05) is 13.2 Å². The summed E-state index contributed by atoms with van der Waals surface area (Å²) >= 11 is 0. The van der Waals surface area contributed by atoms with Crippen LogP contribution in [0, 0.1) is 0 Å². The summed E-state index contributed by atoms with van der Waals surface area (Å²) in [5.41, 5.74) is 6.30. The van der Waals surface area contributed by atoms with Crippen molar-refractivity contribution in [3.05, 3.63) is 41.5 Å². The Bertz CT molecular complexity index is 482. The van der Waals surface area contributed by atoms with Crippen LogP contribution < -0.4 is 5.73 Å². The smallest absolute Gasteiger partial charge is 0.252 e. The number of rotatable bonds is 6. The SMILES string of the molecule is NCCOCc1nc(Cc2ccc(O)cc2)no1. The fraction of sp³-hybridized carbons (Fsp3) is 0.333. The summed E-state index contributed by atoms with van der Waals surface area (Å²) in [5, 5.41) is 13.0. The first-order valence-electron chi connectivity index (χ1n) is 5.65. The molecule has 2 aromatic rings. The van der Waals surface area contributed by atoms with Gasteiger partial charge in [-0.25, -0.2) is 0 Å². The van der Waals surface area contributed by atoms with E-state index in [1.807, 2.05) is 12.1 Å². The Morgan fingerprint density at radius 2 is 2.06 bits per heavy atom. The molecule has 0 radical (unpaired) electrons. The molecule has 0 spiro atoms. The minimum absolute atomic E-state index is 0.239. The first-order chi connectivity index (χ1) is 8.78. The van der Waals surface area contributed by atoms with Gasteiger partial charge in [-0.15, -0.1) is 0 Å². The van der Waals surface area contributed by atoms with Crippen molar-refractivity contribution < 1.29 is 14.4 Å². The van der Waals surface area contributed by atoms with E-state index in [-0.39, 0.29) is 12.4 Å². The van der Waals surface area contributed by atoms with Crippen LogP contribution in [0.4, 0.5) is 0 Å². The van der Waals surface area contributed by atoms with Crippen molar-refractivity contribution in [2.45, 2.75) is 13.0 Å². The third-order valence-corrected chi connectivity index (χ3v) is 2.30. The summed E-state index contributed by atoms with van der Waals surface area (Å²) in [6.07, 6.45) is 0.556. The maximum Gasteiger partial charge on any atom is 0.252 e. The highest BCUT2D eigenvalue weighted by Gasteiger charge is 2.07.